The van der Waals surface area contributed by atoms with Crippen molar-refractivity contribution in [1.82, 2.24) is 19.8 Å². The van der Waals surface area contributed by atoms with Crippen LogP contribution in [-0.2, 0) is 4.74 Å². The monoisotopic (exact) mass is 256 g/mol. The van der Waals surface area contributed by atoms with Gasteiger partial charge in [-0.25, -0.2) is 0 Å². The zero-order valence-electron chi connectivity index (χ0n) is 9.97. The highest BCUT2D eigenvalue weighted by atomic mass is 32.1. The molecule has 2 heterocycles. The molecule has 7 heteroatoms. The van der Waals surface area contributed by atoms with Crippen LogP contribution >= 0.6 is 11.5 Å². The summed E-state index contributed by atoms with van der Waals surface area (Å²) in [6.45, 7) is 4.75. The molecule has 1 aromatic heterocycles. The van der Waals surface area contributed by atoms with Crippen molar-refractivity contribution in [2.45, 2.75) is 13.0 Å². The predicted octanol–water partition coefficient (Wildman–Crippen LogP) is -0.0931. The first-order valence-electron chi connectivity index (χ1n) is 5.55. The van der Waals surface area contributed by atoms with Crippen LogP contribution in [0, 0.1) is 6.92 Å². The minimum atomic E-state index is -0.0355. The molecule has 6 nitrogen and oxygen atoms in total. The standard InChI is InChI=1S/C10H16N4O2S/c1-7-9(17-13-12-7)10(15)14(2)6-8-5-11-3-4-16-8/h8,11H,3-6H2,1-2H3. The van der Waals surface area contributed by atoms with Crippen LogP contribution < -0.4 is 5.32 Å². The van der Waals surface area contributed by atoms with E-state index in [9.17, 15) is 4.79 Å². The Balaban J connectivity index is 1.93. The second kappa shape index (κ2) is 5.52. The van der Waals surface area contributed by atoms with E-state index >= 15 is 0 Å². The number of hydrogen-bond acceptors (Lipinski definition) is 6. The Hall–Kier alpha value is -1.05. The second-order valence-corrected chi connectivity index (χ2v) is 4.82. The molecule has 94 valence electrons. The maximum atomic E-state index is 12.1. The van der Waals surface area contributed by atoms with Crippen LogP contribution in [0.15, 0.2) is 0 Å². The number of morpholine rings is 1. The number of nitrogens with zero attached hydrogens (tertiary/aromatic N) is 3. The Morgan fingerprint density at radius 3 is 3.12 bits per heavy atom. The van der Waals surface area contributed by atoms with Gasteiger partial charge in [-0.15, -0.1) is 5.10 Å². The van der Waals surface area contributed by atoms with E-state index in [2.05, 4.69) is 14.9 Å². The van der Waals surface area contributed by atoms with Crippen LogP contribution in [0.4, 0.5) is 0 Å². The summed E-state index contributed by atoms with van der Waals surface area (Å²) < 4.78 is 9.33. The molecule has 1 aliphatic rings. The fourth-order valence-corrected chi connectivity index (χ4v) is 2.38. The normalized spacial score (nSPS) is 20.2. The maximum absolute atomic E-state index is 12.1. The molecule has 1 atom stereocenters. The summed E-state index contributed by atoms with van der Waals surface area (Å²) in [6.07, 6.45) is 0.0684. The van der Waals surface area contributed by atoms with Gasteiger partial charge in [0.1, 0.15) is 4.88 Å². The molecule has 1 fully saturated rings. The van der Waals surface area contributed by atoms with E-state index < -0.39 is 0 Å². The van der Waals surface area contributed by atoms with Gasteiger partial charge in [-0.3, -0.25) is 4.79 Å². The molecule has 1 saturated heterocycles. The number of likely N-dealkylation sites (N-methyl/N-ethyl adjacent to an activating group) is 1. The van der Waals surface area contributed by atoms with Crippen molar-refractivity contribution in [2.75, 3.05) is 33.3 Å². The number of hydrogen-bond donors (Lipinski definition) is 1. The molecule has 0 bridgehead atoms. The molecule has 1 aromatic rings. The summed E-state index contributed by atoms with van der Waals surface area (Å²) in [5.41, 5.74) is 0.689. The molecular weight excluding hydrogens is 240 g/mol. The van der Waals surface area contributed by atoms with Crippen molar-refractivity contribution >= 4 is 17.4 Å². The highest BCUT2D eigenvalue weighted by Gasteiger charge is 2.22. The van der Waals surface area contributed by atoms with Crippen LogP contribution in [-0.4, -0.2) is 59.8 Å². The first kappa shape index (κ1) is 12.4. The molecule has 0 aromatic carbocycles. The topological polar surface area (TPSA) is 67.4 Å². The quantitative estimate of drug-likeness (QED) is 0.818. The molecule has 2 rings (SSSR count). The lowest BCUT2D eigenvalue weighted by atomic mass is 10.2. The fraction of sp³-hybridized carbons (Fsp3) is 0.700. The van der Waals surface area contributed by atoms with E-state index in [1.165, 1.54) is 0 Å². The van der Waals surface area contributed by atoms with Crippen molar-refractivity contribution in [2.24, 2.45) is 0 Å². The Bertz CT molecular complexity index is 389. The zero-order valence-corrected chi connectivity index (χ0v) is 10.8. The van der Waals surface area contributed by atoms with Gasteiger partial charge < -0.3 is 15.0 Å². The third-order valence-electron chi connectivity index (χ3n) is 2.67. The highest BCUT2D eigenvalue weighted by molar-refractivity contribution is 7.07. The Morgan fingerprint density at radius 1 is 1.71 bits per heavy atom. The van der Waals surface area contributed by atoms with Gasteiger partial charge in [0.25, 0.3) is 5.91 Å². The Kier molecular flexibility index (Phi) is 4.03. The zero-order chi connectivity index (χ0) is 12.3. The molecule has 1 unspecified atom stereocenters. The van der Waals surface area contributed by atoms with Gasteiger partial charge in [0.05, 0.1) is 18.4 Å². The van der Waals surface area contributed by atoms with Gasteiger partial charge in [-0.1, -0.05) is 4.49 Å². The van der Waals surface area contributed by atoms with Crippen molar-refractivity contribution in [3.63, 3.8) is 0 Å². The number of carbonyl (C=O) groups excluding carboxylic acids is 1. The van der Waals surface area contributed by atoms with E-state index in [0.717, 1.165) is 24.6 Å². The number of rotatable bonds is 3. The minimum absolute atomic E-state index is 0.0355. The van der Waals surface area contributed by atoms with E-state index in [1.54, 1.807) is 18.9 Å². The number of ether oxygens (including phenoxy) is 1. The summed E-state index contributed by atoms with van der Waals surface area (Å²) in [5, 5.41) is 7.08. The molecular formula is C10H16N4O2S. The average Bonchev–Trinajstić information content (AvgIpc) is 2.76. The van der Waals surface area contributed by atoms with Crippen LogP contribution in [0.3, 0.4) is 0 Å². The predicted molar refractivity (Wildman–Crippen MR) is 64.2 cm³/mol. The number of amides is 1. The average molecular weight is 256 g/mol. The van der Waals surface area contributed by atoms with E-state index in [0.29, 0.717) is 23.7 Å². The summed E-state index contributed by atoms with van der Waals surface area (Å²) in [7, 11) is 1.78. The van der Waals surface area contributed by atoms with Gasteiger partial charge >= 0.3 is 0 Å². The van der Waals surface area contributed by atoms with Crippen molar-refractivity contribution < 1.29 is 9.53 Å². The summed E-state index contributed by atoms with van der Waals surface area (Å²) in [5.74, 6) is -0.0355. The van der Waals surface area contributed by atoms with Gasteiger partial charge in [0.2, 0.25) is 0 Å². The van der Waals surface area contributed by atoms with Gasteiger partial charge in [-0.05, 0) is 18.5 Å². The Labute approximate surface area is 104 Å². The van der Waals surface area contributed by atoms with Gasteiger partial charge in [-0.2, -0.15) is 0 Å². The first-order valence-corrected chi connectivity index (χ1v) is 6.32. The molecule has 0 spiro atoms. The lowest BCUT2D eigenvalue weighted by Gasteiger charge is -2.27. The van der Waals surface area contributed by atoms with Crippen LogP contribution in [0.2, 0.25) is 0 Å². The number of aryl methyl sites for hydroxylation is 1. The van der Waals surface area contributed by atoms with Crippen LogP contribution in [0.1, 0.15) is 15.4 Å². The van der Waals surface area contributed by atoms with Crippen molar-refractivity contribution in [1.29, 1.82) is 0 Å². The molecule has 1 aliphatic heterocycles. The number of nitrogens with one attached hydrogen (secondary N) is 1. The fourth-order valence-electron chi connectivity index (χ4n) is 1.73. The number of carbonyl (C=O) groups is 1. The van der Waals surface area contributed by atoms with Gasteiger partial charge in [0, 0.05) is 26.7 Å². The summed E-state index contributed by atoms with van der Waals surface area (Å²) >= 11 is 1.14. The first-order chi connectivity index (χ1) is 8.18. The van der Waals surface area contributed by atoms with Crippen molar-refractivity contribution in [3.8, 4) is 0 Å². The van der Waals surface area contributed by atoms with Gasteiger partial charge in [0.15, 0.2) is 0 Å². The van der Waals surface area contributed by atoms with Crippen LogP contribution in [0.5, 0.6) is 0 Å². The smallest absolute Gasteiger partial charge is 0.267 e. The second-order valence-electron chi connectivity index (χ2n) is 4.07. The third kappa shape index (κ3) is 2.99. The molecule has 0 radical (unpaired) electrons. The highest BCUT2D eigenvalue weighted by Crippen LogP contribution is 2.12. The maximum Gasteiger partial charge on any atom is 0.267 e. The summed E-state index contributed by atoms with van der Waals surface area (Å²) in [6, 6.07) is 0. The lowest BCUT2D eigenvalue weighted by Crippen LogP contribution is -2.45. The Morgan fingerprint density at radius 2 is 2.53 bits per heavy atom. The van der Waals surface area contributed by atoms with E-state index in [1.807, 2.05) is 0 Å². The van der Waals surface area contributed by atoms with E-state index in [4.69, 9.17) is 4.74 Å². The molecule has 1 N–H and O–H groups in total. The van der Waals surface area contributed by atoms with Crippen molar-refractivity contribution in [3.05, 3.63) is 10.6 Å². The minimum Gasteiger partial charge on any atom is -0.374 e. The third-order valence-corrected chi connectivity index (χ3v) is 3.49. The SMILES string of the molecule is Cc1nnsc1C(=O)N(C)CC1CNCCO1. The van der Waals surface area contributed by atoms with E-state index in [-0.39, 0.29) is 12.0 Å². The summed E-state index contributed by atoms with van der Waals surface area (Å²) in [4.78, 5) is 14.4. The molecule has 17 heavy (non-hydrogen) atoms. The lowest BCUT2D eigenvalue weighted by molar-refractivity contribution is 0.0104. The number of aromatic nitrogens is 2. The largest absolute Gasteiger partial charge is 0.374 e. The molecule has 0 aliphatic carbocycles. The van der Waals surface area contributed by atoms with Crippen LogP contribution in [0.25, 0.3) is 0 Å². The molecule has 0 saturated carbocycles. The molecule has 1 amide bonds.